The van der Waals surface area contributed by atoms with Crippen molar-refractivity contribution >= 4 is 21.6 Å². The van der Waals surface area contributed by atoms with E-state index >= 15 is 0 Å². The van der Waals surface area contributed by atoms with E-state index < -0.39 is 21.5 Å². The molecule has 0 bridgehead atoms. The number of nitrogens with one attached hydrogen (secondary N) is 2. The maximum absolute atomic E-state index is 11.9. The fourth-order valence-corrected chi connectivity index (χ4v) is 2.64. The van der Waals surface area contributed by atoms with Crippen molar-refractivity contribution < 1.29 is 13.2 Å². The van der Waals surface area contributed by atoms with Gasteiger partial charge in [-0.05, 0) is 33.0 Å². The summed E-state index contributed by atoms with van der Waals surface area (Å²) in [6.45, 7) is 3.56. The molecule has 1 aromatic rings. The van der Waals surface area contributed by atoms with Crippen molar-refractivity contribution in [3.05, 3.63) is 24.3 Å². The molecule has 106 valence electrons. The maximum Gasteiger partial charge on any atom is 0.242 e. The largest absolute Gasteiger partial charge is 0.379 e. The Kier molecular flexibility index (Phi) is 4.54. The van der Waals surface area contributed by atoms with Gasteiger partial charge in [-0.25, -0.2) is 13.1 Å². The molecule has 1 rings (SSSR count). The van der Waals surface area contributed by atoms with Crippen LogP contribution in [0.25, 0.3) is 0 Å². The van der Waals surface area contributed by atoms with Crippen molar-refractivity contribution in [2.24, 2.45) is 5.73 Å². The molecular weight excluding hydrogens is 266 g/mol. The Morgan fingerprint density at radius 1 is 1.32 bits per heavy atom. The number of anilines is 1. The lowest BCUT2D eigenvalue weighted by atomic mass is 10.00. The molecule has 0 saturated carbocycles. The third-order valence-electron chi connectivity index (χ3n) is 2.53. The Balaban J connectivity index is 3.13. The molecule has 0 atom stereocenters. The minimum absolute atomic E-state index is 0.0982. The number of nitrogens with two attached hydrogens (primary N) is 1. The molecule has 0 fully saturated rings. The normalized spacial score (nSPS) is 12.2. The van der Waals surface area contributed by atoms with Crippen LogP contribution < -0.4 is 15.8 Å². The number of carbonyl (C=O) groups is 1. The summed E-state index contributed by atoms with van der Waals surface area (Å²) >= 11 is 0. The second-order valence-electron chi connectivity index (χ2n) is 4.86. The van der Waals surface area contributed by atoms with Crippen molar-refractivity contribution in [3.8, 4) is 0 Å². The van der Waals surface area contributed by atoms with Crippen LogP contribution in [0.15, 0.2) is 29.2 Å². The monoisotopic (exact) mass is 285 g/mol. The van der Waals surface area contributed by atoms with E-state index in [1.807, 2.05) is 0 Å². The summed E-state index contributed by atoms with van der Waals surface area (Å²) in [6, 6.07) is 6.50. The topological polar surface area (TPSA) is 101 Å². The predicted octanol–water partition coefficient (Wildman–Crippen LogP) is 0.661. The predicted molar refractivity (Wildman–Crippen MR) is 74.2 cm³/mol. The Hall–Kier alpha value is -1.60. The molecule has 0 aliphatic carbocycles. The van der Waals surface area contributed by atoms with Gasteiger partial charge in [0.25, 0.3) is 0 Å². The molecule has 0 aliphatic heterocycles. The van der Waals surface area contributed by atoms with Gasteiger partial charge in [0.05, 0.1) is 5.69 Å². The first-order chi connectivity index (χ1) is 8.68. The number of benzene rings is 1. The number of amides is 1. The van der Waals surface area contributed by atoms with Gasteiger partial charge in [0, 0.05) is 12.0 Å². The third kappa shape index (κ3) is 4.22. The fraction of sp³-hybridized carbons (Fsp3) is 0.417. The molecule has 19 heavy (non-hydrogen) atoms. The lowest BCUT2D eigenvalue weighted by Crippen LogP contribution is -2.36. The van der Waals surface area contributed by atoms with Gasteiger partial charge in [-0.3, -0.25) is 4.79 Å². The Bertz CT molecular complexity index is 567. The SMILES string of the molecule is CNS(=O)(=O)c1ccccc1NC(C)(C)CC(N)=O. The van der Waals surface area contributed by atoms with E-state index in [0.29, 0.717) is 5.69 Å². The highest BCUT2D eigenvalue weighted by molar-refractivity contribution is 7.89. The minimum atomic E-state index is -3.56. The summed E-state index contributed by atoms with van der Waals surface area (Å²) in [5, 5.41) is 3.04. The van der Waals surface area contributed by atoms with E-state index in [1.54, 1.807) is 32.0 Å². The number of carbonyl (C=O) groups excluding carboxylic acids is 1. The average Bonchev–Trinajstić information content (AvgIpc) is 2.27. The van der Waals surface area contributed by atoms with Crippen LogP contribution >= 0.6 is 0 Å². The minimum Gasteiger partial charge on any atom is -0.379 e. The number of rotatable bonds is 6. The van der Waals surface area contributed by atoms with Crippen molar-refractivity contribution in [2.45, 2.75) is 30.7 Å². The first-order valence-corrected chi connectivity index (χ1v) is 7.25. The highest BCUT2D eigenvalue weighted by atomic mass is 32.2. The van der Waals surface area contributed by atoms with Crippen LogP contribution in [0.1, 0.15) is 20.3 Å². The quantitative estimate of drug-likeness (QED) is 0.714. The molecule has 7 heteroatoms. The van der Waals surface area contributed by atoms with Gasteiger partial charge in [0.2, 0.25) is 15.9 Å². The Morgan fingerprint density at radius 3 is 2.42 bits per heavy atom. The second kappa shape index (κ2) is 5.58. The zero-order chi connectivity index (χ0) is 14.7. The third-order valence-corrected chi connectivity index (χ3v) is 4.01. The van der Waals surface area contributed by atoms with Crippen molar-refractivity contribution in [1.82, 2.24) is 4.72 Å². The molecule has 0 saturated heterocycles. The van der Waals surface area contributed by atoms with Gasteiger partial charge >= 0.3 is 0 Å². The summed E-state index contributed by atoms with van der Waals surface area (Å²) in [7, 11) is -2.21. The molecule has 0 heterocycles. The summed E-state index contributed by atoms with van der Waals surface area (Å²) in [4.78, 5) is 11.1. The number of primary amides is 1. The number of sulfonamides is 1. The average molecular weight is 285 g/mol. The van der Waals surface area contributed by atoms with E-state index in [4.69, 9.17) is 5.73 Å². The van der Waals surface area contributed by atoms with E-state index in [9.17, 15) is 13.2 Å². The van der Waals surface area contributed by atoms with Gasteiger partial charge in [0.15, 0.2) is 0 Å². The van der Waals surface area contributed by atoms with E-state index in [2.05, 4.69) is 10.0 Å². The number of hydrogen-bond acceptors (Lipinski definition) is 4. The summed E-state index contributed by atoms with van der Waals surface area (Å²) < 4.78 is 26.0. The first kappa shape index (κ1) is 15.5. The lowest BCUT2D eigenvalue weighted by Gasteiger charge is -2.27. The molecule has 6 nitrogen and oxygen atoms in total. The molecule has 0 spiro atoms. The fourth-order valence-electron chi connectivity index (χ4n) is 1.76. The van der Waals surface area contributed by atoms with E-state index in [-0.39, 0.29) is 11.3 Å². The van der Waals surface area contributed by atoms with Gasteiger partial charge in [-0.1, -0.05) is 12.1 Å². The van der Waals surface area contributed by atoms with Crippen LogP contribution in [-0.4, -0.2) is 26.9 Å². The summed E-state index contributed by atoms with van der Waals surface area (Å²) in [5.41, 5.74) is 4.97. The van der Waals surface area contributed by atoms with Gasteiger partial charge in [-0.2, -0.15) is 0 Å². The highest BCUT2D eigenvalue weighted by Crippen LogP contribution is 2.25. The highest BCUT2D eigenvalue weighted by Gasteiger charge is 2.24. The first-order valence-electron chi connectivity index (χ1n) is 5.77. The van der Waals surface area contributed by atoms with Crippen LogP contribution in [-0.2, 0) is 14.8 Å². The van der Waals surface area contributed by atoms with Crippen molar-refractivity contribution in [2.75, 3.05) is 12.4 Å². The maximum atomic E-state index is 11.9. The Morgan fingerprint density at radius 2 is 1.89 bits per heavy atom. The van der Waals surface area contributed by atoms with Gasteiger partial charge in [0.1, 0.15) is 4.90 Å². The molecule has 0 unspecified atom stereocenters. The van der Waals surface area contributed by atoms with Crippen molar-refractivity contribution in [3.63, 3.8) is 0 Å². The smallest absolute Gasteiger partial charge is 0.242 e. The van der Waals surface area contributed by atoms with E-state index in [0.717, 1.165) is 0 Å². The zero-order valence-electron chi connectivity index (χ0n) is 11.2. The summed E-state index contributed by atoms with van der Waals surface area (Å²) in [5.74, 6) is -0.452. The van der Waals surface area contributed by atoms with Crippen LogP contribution in [0, 0.1) is 0 Å². The van der Waals surface area contributed by atoms with Gasteiger partial charge in [-0.15, -0.1) is 0 Å². The molecule has 0 aliphatic rings. The number of para-hydroxylation sites is 1. The Labute approximate surface area is 113 Å². The second-order valence-corrected chi connectivity index (χ2v) is 6.71. The van der Waals surface area contributed by atoms with Crippen LogP contribution in [0.3, 0.4) is 0 Å². The van der Waals surface area contributed by atoms with Crippen LogP contribution in [0.2, 0.25) is 0 Å². The zero-order valence-corrected chi connectivity index (χ0v) is 12.0. The molecule has 0 radical (unpaired) electrons. The summed E-state index contributed by atoms with van der Waals surface area (Å²) in [6.07, 6.45) is 0.0982. The number of hydrogen-bond donors (Lipinski definition) is 3. The van der Waals surface area contributed by atoms with Gasteiger partial charge < -0.3 is 11.1 Å². The van der Waals surface area contributed by atoms with Crippen LogP contribution in [0.5, 0.6) is 0 Å². The molecule has 1 amide bonds. The lowest BCUT2D eigenvalue weighted by molar-refractivity contribution is -0.118. The molecule has 1 aromatic carbocycles. The van der Waals surface area contributed by atoms with Crippen LogP contribution in [0.4, 0.5) is 5.69 Å². The standard InChI is InChI=1S/C12H19N3O3S/c1-12(2,8-11(13)16)15-9-6-4-5-7-10(9)19(17,18)14-3/h4-7,14-15H,8H2,1-3H3,(H2,13,16). The molecule has 0 aromatic heterocycles. The molecular formula is C12H19N3O3S. The van der Waals surface area contributed by atoms with Crippen molar-refractivity contribution in [1.29, 1.82) is 0 Å². The molecule has 4 N–H and O–H groups in total. The van der Waals surface area contributed by atoms with E-state index in [1.165, 1.54) is 13.1 Å².